The molecule has 1 heterocycles. The Morgan fingerprint density at radius 1 is 1.18 bits per heavy atom. The molecule has 2 aromatic rings. The van der Waals surface area contributed by atoms with E-state index in [0.717, 1.165) is 35.4 Å². The van der Waals surface area contributed by atoms with Gasteiger partial charge in [0.25, 0.3) is 5.91 Å². The standard InChI is InChI=1S/C22H27N3O3/c1-4-15(2)24-22(27)23-14-16-5-6-17-11-12-25(20(17)13-16)21(26)18-7-9-19(28-3)10-8-18/h5-10,13,15H,4,11-12,14H2,1-3H3,(H2,23,24,27)/t15-/m1/s1. The van der Waals surface area contributed by atoms with Crippen molar-refractivity contribution in [2.75, 3.05) is 18.6 Å². The minimum absolute atomic E-state index is 0.0268. The molecule has 0 aromatic heterocycles. The van der Waals surface area contributed by atoms with Gasteiger partial charge in [-0.1, -0.05) is 19.1 Å². The van der Waals surface area contributed by atoms with Gasteiger partial charge in [-0.25, -0.2) is 4.79 Å². The highest BCUT2D eigenvalue weighted by atomic mass is 16.5. The summed E-state index contributed by atoms with van der Waals surface area (Å²) in [5.74, 6) is 0.698. The van der Waals surface area contributed by atoms with Crippen molar-refractivity contribution in [2.45, 2.75) is 39.3 Å². The first kappa shape index (κ1) is 19.7. The van der Waals surface area contributed by atoms with Crippen LogP contribution in [0.15, 0.2) is 42.5 Å². The molecule has 0 fully saturated rings. The fourth-order valence-electron chi connectivity index (χ4n) is 3.19. The van der Waals surface area contributed by atoms with Crippen molar-refractivity contribution in [1.82, 2.24) is 10.6 Å². The van der Waals surface area contributed by atoms with E-state index in [1.54, 1.807) is 36.3 Å². The van der Waals surface area contributed by atoms with Crippen molar-refractivity contribution in [3.8, 4) is 5.75 Å². The Kier molecular flexibility index (Phi) is 6.19. The van der Waals surface area contributed by atoms with E-state index in [1.165, 1.54) is 0 Å². The molecule has 1 aliphatic rings. The van der Waals surface area contributed by atoms with E-state index in [0.29, 0.717) is 18.7 Å². The second-order valence-corrected chi connectivity index (χ2v) is 7.03. The lowest BCUT2D eigenvalue weighted by molar-refractivity contribution is 0.0989. The first-order valence-corrected chi connectivity index (χ1v) is 9.64. The topological polar surface area (TPSA) is 70.7 Å². The molecular formula is C22H27N3O3. The zero-order valence-electron chi connectivity index (χ0n) is 16.6. The molecule has 0 aliphatic carbocycles. The molecule has 6 heteroatoms. The lowest BCUT2D eigenvalue weighted by Crippen LogP contribution is -2.40. The van der Waals surface area contributed by atoms with E-state index in [2.05, 4.69) is 10.6 Å². The minimum atomic E-state index is -0.180. The maximum Gasteiger partial charge on any atom is 0.315 e. The van der Waals surface area contributed by atoms with Gasteiger partial charge in [-0.05, 0) is 61.2 Å². The van der Waals surface area contributed by atoms with Crippen LogP contribution in [-0.2, 0) is 13.0 Å². The second kappa shape index (κ2) is 8.78. The molecule has 0 saturated heterocycles. The Labute approximate surface area is 165 Å². The first-order chi connectivity index (χ1) is 13.5. The van der Waals surface area contributed by atoms with E-state index >= 15 is 0 Å². The zero-order chi connectivity index (χ0) is 20.1. The fraction of sp³-hybridized carbons (Fsp3) is 0.364. The number of anilines is 1. The van der Waals surface area contributed by atoms with Gasteiger partial charge in [0.05, 0.1) is 7.11 Å². The molecule has 0 radical (unpaired) electrons. The van der Waals surface area contributed by atoms with Gasteiger partial charge in [-0.3, -0.25) is 4.79 Å². The number of methoxy groups -OCH3 is 1. The van der Waals surface area contributed by atoms with Crippen LogP contribution >= 0.6 is 0 Å². The van der Waals surface area contributed by atoms with Crippen molar-refractivity contribution < 1.29 is 14.3 Å². The number of carbonyl (C=O) groups is 2. The number of nitrogens with one attached hydrogen (secondary N) is 2. The minimum Gasteiger partial charge on any atom is -0.497 e. The molecule has 0 spiro atoms. The summed E-state index contributed by atoms with van der Waals surface area (Å²) in [7, 11) is 1.60. The summed E-state index contributed by atoms with van der Waals surface area (Å²) in [4.78, 5) is 26.7. The fourth-order valence-corrected chi connectivity index (χ4v) is 3.19. The van der Waals surface area contributed by atoms with E-state index in [4.69, 9.17) is 4.74 Å². The average molecular weight is 381 g/mol. The van der Waals surface area contributed by atoms with Gasteiger partial charge in [-0.2, -0.15) is 0 Å². The molecule has 3 amide bonds. The van der Waals surface area contributed by atoms with Crippen LogP contribution < -0.4 is 20.3 Å². The quantitative estimate of drug-likeness (QED) is 0.805. The Morgan fingerprint density at radius 2 is 1.93 bits per heavy atom. The third-order valence-corrected chi connectivity index (χ3v) is 5.07. The maximum atomic E-state index is 12.9. The molecule has 1 aliphatic heterocycles. The molecule has 28 heavy (non-hydrogen) atoms. The number of hydrogen-bond donors (Lipinski definition) is 2. The average Bonchev–Trinajstić information content (AvgIpc) is 3.15. The summed E-state index contributed by atoms with van der Waals surface area (Å²) in [5.41, 5.74) is 3.66. The summed E-state index contributed by atoms with van der Waals surface area (Å²) >= 11 is 0. The zero-order valence-corrected chi connectivity index (χ0v) is 16.6. The number of fused-ring (bicyclic) bond motifs is 1. The number of hydrogen-bond acceptors (Lipinski definition) is 3. The highest BCUT2D eigenvalue weighted by Crippen LogP contribution is 2.30. The number of amides is 3. The SMILES string of the molecule is CC[C@@H](C)NC(=O)NCc1ccc2c(c1)N(C(=O)c1ccc(OC)cc1)CC2. The number of ether oxygens (including phenoxy) is 1. The molecular weight excluding hydrogens is 354 g/mol. The lowest BCUT2D eigenvalue weighted by Gasteiger charge is -2.19. The molecule has 148 valence electrons. The van der Waals surface area contributed by atoms with Crippen LogP contribution in [0.25, 0.3) is 0 Å². The number of rotatable bonds is 6. The van der Waals surface area contributed by atoms with Gasteiger partial charge in [0.2, 0.25) is 0 Å². The van der Waals surface area contributed by atoms with Crippen LogP contribution in [-0.4, -0.2) is 31.6 Å². The first-order valence-electron chi connectivity index (χ1n) is 9.64. The predicted molar refractivity (Wildman–Crippen MR) is 110 cm³/mol. The van der Waals surface area contributed by atoms with E-state index in [9.17, 15) is 9.59 Å². The van der Waals surface area contributed by atoms with Gasteiger partial charge >= 0.3 is 6.03 Å². The monoisotopic (exact) mass is 381 g/mol. The van der Waals surface area contributed by atoms with Gasteiger partial charge in [0.15, 0.2) is 0 Å². The Morgan fingerprint density at radius 3 is 2.61 bits per heavy atom. The second-order valence-electron chi connectivity index (χ2n) is 7.03. The van der Waals surface area contributed by atoms with E-state index in [-0.39, 0.29) is 18.0 Å². The molecule has 1 atom stereocenters. The van der Waals surface area contributed by atoms with Crippen molar-refractivity contribution in [3.05, 3.63) is 59.2 Å². The molecule has 2 aromatic carbocycles. The Hall–Kier alpha value is -3.02. The Bertz CT molecular complexity index is 849. The van der Waals surface area contributed by atoms with Crippen molar-refractivity contribution in [1.29, 1.82) is 0 Å². The molecule has 3 rings (SSSR count). The maximum absolute atomic E-state index is 12.9. The number of carbonyl (C=O) groups excluding carboxylic acids is 2. The summed E-state index contributed by atoms with van der Waals surface area (Å²) in [5, 5.41) is 5.76. The smallest absolute Gasteiger partial charge is 0.315 e. The van der Waals surface area contributed by atoms with Crippen LogP contribution in [0, 0.1) is 0 Å². The highest BCUT2D eigenvalue weighted by molar-refractivity contribution is 6.07. The largest absolute Gasteiger partial charge is 0.497 e. The molecule has 0 bridgehead atoms. The number of benzene rings is 2. The van der Waals surface area contributed by atoms with Gasteiger partial charge in [0, 0.05) is 30.4 Å². The Balaban J connectivity index is 1.70. The van der Waals surface area contributed by atoms with Crippen LogP contribution in [0.2, 0.25) is 0 Å². The normalized spacial score (nSPS) is 13.6. The molecule has 0 saturated carbocycles. The number of nitrogens with zero attached hydrogens (tertiary/aromatic N) is 1. The van der Waals surface area contributed by atoms with Crippen molar-refractivity contribution in [2.24, 2.45) is 0 Å². The summed E-state index contributed by atoms with van der Waals surface area (Å²) in [6.07, 6.45) is 1.72. The van der Waals surface area contributed by atoms with E-state index < -0.39 is 0 Å². The van der Waals surface area contributed by atoms with Crippen LogP contribution in [0.4, 0.5) is 10.5 Å². The van der Waals surface area contributed by atoms with Gasteiger partial charge in [0.1, 0.15) is 5.75 Å². The highest BCUT2D eigenvalue weighted by Gasteiger charge is 2.25. The van der Waals surface area contributed by atoms with Gasteiger partial charge in [-0.15, -0.1) is 0 Å². The van der Waals surface area contributed by atoms with Gasteiger partial charge < -0.3 is 20.3 Å². The molecule has 2 N–H and O–H groups in total. The van der Waals surface area contributed by atoms with E-state index in [1.807, 2.05) is 32.0 Å². The third-order valence-electron chi connectivity index (χ3n) is 5.07. The molecule has 6 nitrogen and oxygen atoms in total. The summed E-state index contributed by atoms with van der Waals surface area (Å²) in [6, 6.07) is 13.1. The molecule has 0 unspecified atom stereocenters. The lowest BCUT2D eigenvalue weighted by atomic mass is 10.1. The van der Waals surface area contributed by atoms with Crippen molar-refractivity contribution >= 4 is 17.6 Å². The number of urea groups is 1. The van der Waals surface area contributed by atoms with Crippen LogP contribution in [0.5, 0.6) is 5.75 Å². The summed E-state index contributed by atoms with van der Waals surface area (Å²) < 4.78 is 5.16. The van der Waals surface area contributed by atoms with Crippen LogP contribution in [0.1, 0.15) is 41.8 Å². The third kappa shape index (κ3) is 4.44. The predicted octanol–water partition coefficient (Wildman–Crippen LogP) is 3.50. The van der Waals surface area contributed by atoms with Crippen LogP contribution in [0.3, 0.4) is 0 Å². The summed E-state index contributed by atoms with van der Waals surface area (Å²) in [6.45, 7) is 5.07. The van der Waals surface area contributed by atoms with Crippen molar-refractivity contribution in [3.63, 3.8) is 0 Å².